The van der Waals surface area contributed by atoms with Crippen LogP contribution in [0.4, 0.5) is 8.78 Å². The maximum atomic E-state index is 13.8. The van der Waals surface area contributed by atoms with Crippen molar-refractivity contribution < 1.29 is 8.78 Å². The summed E-state index contributed by atoms with van der Waals surface area (Å²) >= 11 is 0. The number of aryl methyl sites for hydroxylation is 1. The highest BCUT2D eigenvalue weighted by molar-refractivity contribution is 5.84. The van der Waals surface area contributed by atoms with E-state index in [0.29, 0.717) is 5.39 Å². The molecule has 0 aliphatic carbocycles. The predicted molar refractivity (Wildman–Crippen MR) is 60.5 cm³/mol. The number of rotatable bonds is 3. The largest absolute Gasteiger partial charge is 0.350 e. The number of benzene rings is 1. The van der Waals surface area contributed by atoms with Gasteiger partial charge in [0, 0.05) is 36.1 Å². The first-order valence-corrected chi connectivity index (χ1v) is 5.18. The van der Waals surface area contributed by atoms with Crippen molar-refractivity contribution in [2.45, 2.75) is 12.3 Å². The minimum Gasteiger partial charge on any atom is -0.350 e. The molecule has 16 heavy (non-hydrogen) atoms. The van der Waals surface area contributed by atoms with Crippen LogP contribution < -0.4 is 5.73 Å². The molecule has 0 saturated carbocycles. The molecule has 2 aromatic rings. The second kappa shape index (κ2) is 3.87. The minimum atomic E-state index is -2.85. The van der Waals surface area contributed by atoms with Crippen LogP contribution in [-0.4, -0.2) is 11.1 Å². The van der Waals surface area contributed by atoms with E-state index in [0.717, 1.165) is 5.52 Å². The zero-order valence-electron chi connectivity index (χ0n) is 9.08. The second-order valence-corrected chi connectivity index (χ2v) is 3.91. The zero-order chi connectivity index (χ0) is 11.8. The van der Waals surface area contributed by atoms with Gasteiger partial charge in [-0.1, -0.05) is 18.2 Å². The molecular weight excluding hydrogens is 210 g/mol. The lowest BCUT2D eigenvalue weighted by Gasteiger charge is -2.14. The molecule has 0 bridgehead atoms. The fourth-order valence-electron chi connectivity index (χ4n) is 1.95. The summed E-state index contributed by atoms with van der Waals surface area (Å²) in [6.07, 6.45) is 1.17. The number of nitrogens with two attached hydrogens (primary N) is 1. The van der Waals surface area contributed by atoms with Crippen molar-refractivity contribution in [3.8, 4) is 0 Å². The summed E-state index contributed by atoms with van der Waals surface area (Å²) in [6, 6.07) is 7.16. The van der Waals surface area contributed by atoms with Gasteiger partial charge in [0.2, 0.25) is 0 Å². The van der Waals surface area contributed by atoms with Crippen LogP contribution >= 0.6 is 0 Å². The Bertz CT molecular complexity index is 503. The van der Waals surface area contributed by atoms with Crippen LogP contribution in [-0.2, 0) is 13.0 Å². The molecule has 86 valence electrons. The molecule has 0 aliphatic heterocycles. The van der Waals surface area contributed by atoms with E-state index in [1.807, 2.05) is 12.1 Å². The van der Waals surface area contributed by atoms with Crippen molar-refractivity contribution in [2.75, 3.05) is 6.54 Å². The van der Waals surface area contributed by atoms with Crippen LogP contribution in [0.1, 0.15) is 12.0 Å². The molecule has 4 heteroatoms. The van der Waals surface area contributed by atoms with Crippen molar-refractivity contribution in [3.05, 3.63) is 36.0 Å². The number of para-hydroxylation sites is 1. The quantitative estimate of drug-likeness (QED) is 0.853. The molecule has 0 saturated heterocycles. The number of aromatic nitrogens is 1. The number of halogens is 2. The summed E-state index contributed by atoms with van der Waals surface area (Å²) in [4.78, 5) is 0. The fraction of sp³-hybridized carbons (Fsp3) is 0.333. The lowest BCUT2D eigenvalue weighted by atomic mass is 10.0. The molecule has 0 spiro atoms. The Morgan fingerprint density at radius 2 is 2.00 bits per heavy atom. The van der Waals surface area contributed by atoms with Gasteiger partial charge >= 0.3 is 0 Å². The van der Waals surface area contributed by atoms with E-state index in [-0.39, 0.29) is 18.5 Å². The number of hydrogen-bond acceptors (Lipinski definition) is 1. The van der Waals surface area contributed by atoms with Crippen LogP contribution in [0.3, 0.4) is 0 Å². The van der Waals surface area contributed by atoms with E-state index >= 15 is 0 Å². The average molecular weight is 224 g/mol. The SMILES string of the molecule is Cn1cc(C(F)(F)CCN)c2ccccc21. The molecular formula is C12H14F2N2. The van der Waals surface area contributed by atoms with E-state index in [4.69, 9.17) is 5.73 Å². The Kier molecular flexibility index (Phi) is 2.68. The highest BCUT2D eigenvalue weighted by atomic mass is 19.3. The molecule has 0 fully saturated rings. The lowest BCUT2D eigenvalue weighted by Crippen LogP contribution is -2.18. The van der Waals surface area contributed by atoms with Crippen LogP contribution in [0, 0.1) is 0 Å². The molecule has 2 N–H and O–H groups in total. The maximum absolute atomic E-state index is 13.8. The lowest BCUT2D eigenvalue weighted by molar-refractivity contribution is -0.00927. The molecule has 0 aliphatic rings. The first-order chi connectivity index (χ1) is 7.56. The summed E-state index contributed by atoms with van der Waals surface area (Å²) in [6.45, 7) is -0.0176. The van der Waals surface area contributed by atoms with E-state index in [1.165, 1.54) is 6.20 Å². The van der Waals surface area contributed by atoms with Gasteiger partial charge in [0.1, 0.15) is 0 Å². The van der Waals surface area contributed by atoms with Crippen molar-refractivity contribution >= 4 is 10.9 Å². The van der Waals surface area contributed by atoms with Gasteiger partial charge in [-0.05, 0) is 12.6 Å². The summed E-state index contributed by atoms with van der Waals surface area (Å²) < 4.78 is 29.3. The number of fused-ring (bicyclic) bond motifs is 1. The van der Waals surface area contributed by atoms with Gasteiger partial charge in [-0.15, -0.1) is 0 Å². The third-order valence-corrected chi connectivity index (χ3v) is 2.75. The predicted octanol–water partition coefficient (Wildman–Crippen LogP) is 2.62. The normalized spacial score (nSPS) is 12.2. The van der Waals surface area contributed by atoms with Gasteiger partial charge in [-0.3, -0.25) is 0 Å². The molecule has 0 atom stereocenters. The monoisotopic (exact) mass is 224 g/mol. The van der Waals surface area contributed by atoms with Gasteiger partial charge in [0.15, 0.2) is 0 Å². The van der Waals surface area contributed by atoms with Gasteiger partial charge in [0.05, 0.1) is 0 Å². The highest BCUT2D eigenvalue weighted by Gasteiger charge is 2.33. The molecule has 2 rings (SSSR count). The van der Waals surface area contributed by atoms with Crippen LogP contribution in [0.2, 0.25) is 0 Å². The van der Waals surface area contributed by atoms with Gasteiger partial charge in [-0.25, -0.2) is 8.78 Å². The van der Waals surface area contributed by atoms with Gasteiger partial charge in [0.25, 0.3) is 5.92 Å². The third kappa shape index (κ3) is 1.69. The minimum absolute atomic E-state index is 0.0176. The summed E-state index contributed by atoms with van der Waals surface area (Å²) in [7, 11) is 1.77. The summed E-state index contributed by atoms with van der Waals surface area (Å²) in [5.41, 5.74) is 6.10. The smallest absolute Gasteiger partial charge is 0.276 e. The highest BCUT2D eigenvalue weighted by Crippen LogP contribution is 2.36. The van der Waals surface area contributed by atoms with E-state index in [1.54, 1.807) is 23.7 Å². The topological polar surface area (TPSA) is 30.9 Å². The number of hydrogen-bond donors (Lipinski definition) is 1. The third-order valence-electron chi connectivity index (χ3n) is 2.75. The zero-order valence-corrected chi connectivity index (χ0v) is 9.08. The molecule has 0 unspecified atom stereocenters. The summed E-state index contributed by atoms with van der Waals surface area (Å²) in [5, 5.41) is 0.600. The Balaban J connectivity index is 2.61. The molecule has 1 aromatic heterocycles. The van der Waals surface area contributed by atoms with Crippen LogP contribution in [0.25, 0.3) is 10.9 Å². The second-order valence-electron chi connectivity index (χ2n) is 3.91. The van der Waals surface area contributed by atoms with Gasteiger partial charge < -0.3 is 10.3 Å². The summed E-state index contributed by atoms with van der Waals surface area (Å²) in [5.74, 6) is -2.85. The Morgan fingerprint density at radius 1 is 1.31 bits per heavy atom. The fourth-order valence-corrected chi connectivity index (χ4v) is 1.95. The molecule has 0 radical (unpaired) electrons. The number of nitrogens with zero attached hydrogens (tertiary/aromatic N) is 1. The Labute approximate surface area is 92.7 Å². The standard InChI is InChI=1S/C12H14F2N2/c1-16-8-10(12(13,14)6-7-15)9-4-2-3-5-11(9)16/h2-5,8H,6-7,15H2,1H3. The van der Waals surface area contributed by atoms with Crippen molar-refractivity contribution in [2.24, 2.45) is 12.8 Å². The number of alkyl halides is 2. The van der Waals surface area contributed by atoms with E-state index in [2.05, 4.69) is 0 Å². The van der Waals surface area contributed by atoms with Crippen LogP contribution in [0.15, 0.2) is 30.5 Å². The molecule has 1 aromatic carbocycles. The first kappa shape index (κ1) is 11.1. The van der Waals surface area contributed by atoms with Gasteiger partial charge in [-0.2, -0.15) is 0 Å². The average Bonchev–Trinajstić information content (AvgIpc) is 2.58. The van der Waals surface area contributed by atoms with E-state index in [9.17, 15) is 8.78 Å². The molecule has 2 nitrogen and oxygen atoms in total. The maximum Gasteiger partial charge on any atom is 0.276 e. The molecule has 1 heterocycles. The Morgan fingerprint density at radius 3 is 2.69 bits per heavy atom. The first-order valence-electron chi connectivity index (χ1n) is 5.18. The Hall–Kier alpha value is -1.42. The molecule has 0 amide bonds. The van der Waals surface area contributed by atoms with Crippen molar-refractivity contribution in [1.82, 2.24) is 4.57 Å². The van der Waals surface area contributed by atoms with E-state index < -0.39 is 5.92 Å². The van der Waals surface area contributed by atoms with Crippen molar-refractivity contribution in [3.63, 3.8) is 0 Å². The van der Waals surface area contributed by atoms with Crippen molar-refractivity contribution in [1.29, 1.82) is 0 Å². The van der Waals surface area contributed by atoms with Crippen LogP contribution in [0.5, 0.6) is 0 Å².